The van der Waals surface area contributed by atoms with Crippen LogP contribution in [0.15, 0.2) is 18.5 Å². The van der Waals surface area contributed by atoms with Gasteiger partial charge in [0.1, 0.15) is 5.52 Å². The third kappa shape index (κ3) is 2.42. The van der Waals surface area contributed by atoms with Crippen LogP contribution in [-0.4, -0.2) is 38.8 Å². The maximum Gasteiger partial charge on any atom is 0.305 e. The normalized spacial score (nSPS) is 10.8. The van der Waals surface area contributed by atoms with E-state index >= 15 is 0 Å². The van der Waals surface area contributed by atoms with Crippen molar-refractivity contribution in [3.63, 3.8) is 0 Å². The molecule has 0 bridgehead atoms. The predicted octanol–water partition coefficient (Wildman–Crippen LogP) is 1.34. The Labute approximate surface area is 105 Å². The van der Waals surface area contributed by atoms with Crippen LogP contribution in [0.3, 0.4) is 0 Å². The van der Waals surface area contributed by atoms with Gasteiger partial charge >= 0.3 is 5.97 Å². The Bertz CT molecular complexity index is 564. The number of nitrogens with zero attached hydrogens (tertiary/aromatic N) is 4. The molecule has 0 spiro atoms. The third-order valence-electron chi connectivity index (χ3n) is 2.77. The molecule has 0 saturated carbocycles. The van der Waals surface area contributed by atoms with Gasteiger partial charge in [-0.2, -0.15) is 5.10 Å². The molecule has 2 heterocycles. The van der Waals surface area contributed by atoms with Crippen LogP contribution in [0.4, 0.5) is 5.82 Å². The van der Waals surface area contributed by atoms with E-state index in [0.29, 0.717) is 13.1 Å². The molecule has 2 aromatic heterocycles. The lowest BCUT2D eigenvalue weighted by molar-refractivity contribution is -0.136. The van der Waals surface area contributed by atoms with Crippen LogP contribution in [0.2, 0.25) is 0 Å². The molecule has 0 unspecified atom stereocenters. The molecule has 0 saturated heterocycles. The van der Waals surface area contributed by atoms with E-state index in [2.05, 4.69) is 10.1 Å². The number of rotatable bonds is 5. The van der Waals surface area contributed by atoms with E-state index < -0.39 is 5.97 Å². The van der Waals surface area contributed by atoms with E-state index in [-0.39, 0.29) is 6.42 Å². The van der Waals surface area contributed by atoms with Crippen LogP contribution < -0.4 is 4.90 Å². The number of hydrogen-bond acceptors (Lipinski definition) is 4. The van der Waals surface area contributed by atoms with Crippen LogP contribution in [0.5, 0.6) is 0 Å². The monoisotopic (exact) mass is 248 g/mol. The molecule has 0 aliphatic carbocycles. The number of carbonyl (C=O) groups is 1. The number of anilines is 1. The minimum absolute atomic E-state index is 0.101. The number of aliphatic carboxylic acids is 1. The molecule has 2 aromatic rings. The molecule has 0 radical (unpaired) electrons. The highest BCUT2D eigenvalue weighted by Gasteiger charge is 2.12. The second kappa shape index (κ2) is 5.03. The van der Waals surface area contributed by atoms with Gasteiger partial charge in [-0.05, 0) is 19.9 Å². The lowest BCUT2D eigenvalue weighted by Gasteiger charge is -2.21. The fraction of sp³-hybridized carbons (Fsp3) is 0.417. The van der Waals surface area contributed by atoms with Gasteiger partial charge in [0.15, 0.2) is 5.82 Å². The topological polar surface area (TPSA) is 70.7 Å². The minimum atomic E-state index is -0.801. The van der Waals surface area contributed by atoms with Gasteiger partial charge in [-0.25, -0.2) is 9.50 Å². The molecule has 1 N–H and O–H groups in total. The van der Waals surface area contributed by atoms with Crippen molar-refractivity contribution in [2.75, 3.05) is 18.0 Å². The Morgan fingerprint density at radius 2 is 2.33 bits per heavy atom. The number of aromatic nitrogens is 3. The summed E-state index contributed by atoms with van der Waals surface area (Å²) < 4.78 is 1.76. The van der Waals surface area contributed by atoms with Gasteiger partial charge in [0.25, 0.3) is 0 Å². The first-order chi connectivity index (χ1) is 8.61. The largest absolute Gasteiger partial charge is 0.481 e. The number of hydrogen-bond donors (Lipinski definition) is 1. The highest BCUT2D eigenvalue weighted by Crippen LogP contribution is 2.19. The molecule has 96 valence electrons. The van der Waals surface area contributed by atoms with Crippen LogP contribution in [-0.2, 0) is 4.79 Å². The molecule has 6 nitrogen and oxygen atoms in total. The molecule has 0 amide bonds. The molecule has 0 atom stereocenters. The van der Waals surface area contributed by atoms with E-state index in [0.717, 1.165) is 17.0 Å². The summed E-state index contributed by atoms with van der Waals surface area (Å²) in [5.41, 5.74) is 1.82. The van der Waals surface area contributed by atoms with Crippen molar-refractivity contribution in [3.05, 3.63) is 24.2 Å². The summed E-state index contributed by atoms with van der Waals surface area (Å²) in [4.78, 5) is 16.9. The van der Waals surface area contributed by atoms with Crippen LogP contribution >= 0.6 is 0 Å². The Hall–Kier alpha value is -2.11. The molecule has 18 heavy (non-hydrogen) atoms. The Kier molecular flexibility index (Phi) is 3.45. The highest BCUT2D eigenvalue weighted by atomic mass is 16.4. The Morgan fingerprint density at radius 3 is 3.00 bits per heavy atom. The fourth-order valence-electron chi connectivity index (χ4n) is 1.92. The van der Waals surface area contributed by atoms with Gasteiger partial charge in [-0.15, -0.1) is 0 Å². The quantitative estimate of drug-likeness (QED) is 0.864. The molecule has 0 aliphatic heterocycles. The van der Waals surface area contributed by atoms with E-state index in [4.69, 9.17) is 5.11 Å². The van der Waals surface area contributed by atoms with Gasteiger partial charge < -0.3 is 10.0 Å². The minimum Gasteiger partial charge on any atom is -0.481 e. The molecular formula is C12H16N4O2. The van der Waals surface area contributed by atoms with Gasteiger partial charge in [0.05, 0.1) is 12.1 Å². The summed E-state index contributed by atoms with van der Waals surface area (Å²) in [5, 5.41) is 13.1. The average Bonchev–Trinajstić information content (AvgIpc) is 2.70. The van der Waals surface area contributed by atoms with Crippen molar-refractivity contribution in [1.82, 2.24) is 14.6 Å². The summed E-state index contributed by atoms with van der Waals surface area (Å²) in [6.45, 7) is 5.06. The standard InChI is InChI=1S/C12H16N4O2/c1-3-15(6-4-11(17)18)12-10-8-9(2)14-16(10)7-5-13-12/h5,7-8H,3-4,6H2,1-2H3,(H,17,18). The maximum absolute atomic E-state index is 10.7. The zero-order valence-electron chi connectivity index (χ0n) is 10.5. The van der Waals surface area contributed by atoms with E-state index in [1.807, 2.05) is 24.8 Å². The number of aryl methyl sites for hydroxylation is 1. The third-order valence-corrected chi connectivity index (χ3v) is 2.77. The summed E-state index contributed by atoms with van der Waals surface area (Å²) in [6.07, 6.45) is 3.57. The Balaban J connectivity index is 2.35. The lowest BCUT2D eigenvalue weighted by Crippen LogP contribution is -2.27. The fourth-order valence-corrected chi connectivity index (χ4v) is 1.92. The molecule has 0 aliphatic rings. The van der Waals surface area contributed by atoms with Gasteiger partial charge in [0, 0.05) is 25.5 Å². The first-order valence-corrected chi connectivity index (χ1v) is 5.89. The summed E-state index contributed by atoms with van der Waals surface area (Å²) in [7, 11) is 0. The highest BCUT2D eigenvalue weighted by molar-refractivity contribution is 5.71. The second-order valence-electron chi connectivity index (χ2n) is 4.09. The van der Waals surface area contributed by atoms with Crippen molar-refractivity contribution in [2.24, 2.45) is 0 Å². The van der Waals surface area contributed by atoms with Gasteiger partial charge in [-0.1, -0.05) is 0 Å². The zero-order valence-corrected chi connectivity index (χ0v) is 10.5. The number of fused-ring (bicyclic) bond motifs is 1. The van der Waals surface area contributed by atoms with E-state index in [1.54, 1.807) is 16.9 Å². The summed E-state index contributed by atoms with van der Waals surface area (Å²) >= 11 is 0. The predicted molar refractivity (Wildman–Crippen MR) is 67.9 cm³/mol. The van der Waals surface area contributed by atoms with Crippen LogP contribution in [0, 0.1) is 6.92 Å². The van der Waals surface area contributed by atoms with Crippen molar-refractivity contribution < 1.29 is 9.90 Å². The summed E-state index contributed by atoms with van der Waals surface area (Å²) in [5.74, 6) is -0.0214. The van der Waals surface area contributed by atoms with Crippen molar-refractivity contribution in [3.8, 4) is 0 Å². The molecule has 0 fully saturated rings. The zero-order chi connectivity index (χ0) is 13.1. The molecular weight excluding hydrogens is 232 g/mol. The van der Waals surface area contributed by atoms with Gasteiger partial charge in [-0.3, -0.25) is 4.79 Å². The molecule has 6 heteroatoms. The van der Waals surface area contributed by atoms with Crippen LogP contribution in [0.25, 0.3) is 5.52 Å². The van der Waals surface area contributed by atoms with E-state index in [9.17, 15) is 4.79 Å². The maximum atomic E-state index is 10.7. The Morgan fingerprint density at radius 1 is 1.56 bits per heavy atom. The van der Waals surface area contributed by atoms with Gasteiger partial charge in [0.2, 0.25) is 0 Å². The average molecular weight is 248 g/mol. The molecule has 0 aromatic carbocycles. The molecule has 2 rings (SSSR count). The smallest absolute Gasteiger partial charge is 0.305 e. The second-order valence-corrected chi connectivity index (χ2v) is 4.09. The number of carboxylic acids is 1. The van der Waals surface area contributed by atoms with Crippen molar-refractivity contribution >= 4 is 17.3 Å². The first-order valence-electron chi connectivity index (χ1n) is 5.89. The summed E-state index contributed by atoms with van der Waals surface area (Å²) in [6, 6.07) is 1.95. The van der Waals surface area contributed by atoms with Crippen molar-refractivity contribution in [2.45, 2.75) is 20.3 Å². The van der Waals surface area contributed by atoms with Crippen LogP contribution in [0.1, 0.15) is 19.0 Å². The van der Waals surface area contributed by atoms with E-state index in [1.165, 1.54) is 0 Å². The SMILES string of the molecule is CCN(CCC(=O)O)c1nccn2nc(C)cc12. The lowest BCUT2D eigenvalue weighted by atomic mass is 10.3. The number of carboxylic acid groups (broad SMARTS) is 1. The first kappa shape index (κ1) is 12.3. The van der Waals surface area contributed by atoms with Crippen molar-refractivity contribution in [1.29, 1.82) is 0 Å².